The third-order valence-corrected chi connectivity index (χ3v) is 3.79. The maximum atomic E-state index is 11.8. The van der Waals surface area contributed by atoms with Crippen LogP contribution in [-0.2, 0) is 17.8 Å². The predicted octanol–water partition coefficient (Wildman–Crippen LogP) is 1.35. The van der Waals surface area contributed by atoms with Crippen molar-refractivity contribution in [1.82, 2.24) is 10.3 Å². The van der Waals surface area contributed by atoms with E-state index in [1.807, 2.05) is 29.6 Å². The summed E-state index contributed by atoms with van der Waals surface area (Å²) in [6, 6.07) is 7.30. The quantitative estimate of drug-likeness (QED) is 0.717. The number of rotatable bonds is 8. The summed E-state index contributed by atoms with van der Waals surface area (Å²) in [6.45, 7) is 1.25. The third-order valence-electron chi connectivity index (χ3n) is 2.87. The van der Waals surface area contributed by atoms with Gasteiger partial charge in [-0.2, -0.15) is 0 Å². The number of ether oxygens (including phenoxy) is 2. The number of aromatic nitrogens is 1. The molecule has 0 fully saturated rings. The summed E-state index contributed by atoms with van der Waals surface area (Å²) in [6.07, 6.45) is 0.263. The van der Waals surface area contributed by atoms with Crippen LogP contribution in [0.15, 0.2) is 29.6 Å². The van der Waals surface area contributed by atoms with Gasteiger partial charge in [0, 0.05) is 11.9 Å². The molecular weight excluding hydrogens is 302 g/mol. The van der Waals surface area contributed by atoms with E-state index >= 15 is 0 Å². The number of amides is 1. The van der Waals surface area contributed by atoms with Crippen LogP contribution in [0.5, 0.6) is 11.5 Å². The molecule has 0 saturated carbocycles. The maximum Gasteiger partial charge on any atom is 0.226 e. The molecule has 0 radical (unpaired) electrons. The molecule has 0 bridgehead atoms. The minimum Gasteiger partial charge on any atom is -0.497 e. The lowest BCUT2D eigenvalue weighted by Gasteiger charge is -2.08. The van der Waals surface area contributed by atoms with Crippen molar-refractivity contribution in [3.8, 4) is 11.5 Å². The number of nitrogens with two attached hydrogens (primary N) is 1. The van der Waals surface area contributed by atoms with Crippen LogP contribution >= 0.6 is 11.3 Å². The zero-order valence-corrected chi connectivity index (χ0v) is 13.2. The Hall–Kier alpha value is -2.12. The summed E-state index contributed by atoms with van der Waals surface area (Å²) < 4.78 is 10.6. The molecule has 2 aromatic rings. The Morgan fingerprint density at radius 3 is 2.68 bits per heavy atom. The highest BCUT2D eigenvalue weighted by Crippen LogP contribution is 2.16. The average molecular weight is 321 g/mol. The van der Waals surface area contributed by atoms with Gasteiger partial charge in [0.05, 0.1) is 25.8 Å². The van der Waals surface area contributed by atoms with Gasteiger partial charge in [-0.3, -0.25) is 4.79 Å². The Morgan fingerprint density at radius 2 is 2.05 bits per heavy atom. The fourth-order valence-corrected chi connectivity index (χ4v) is 2.46. The van der Waals surface area contributed by atoms with Crippen LogP contribution in [0.1, 0.15) is 10.7 Å². The van der Waals surface area contributed by atoms with Crippen molar-refractivity contribution in [2.24, 2.45) is 5.73 Å². The first kappa shape index (κ1) is 16.3. The van der Waals surface area contributed by atoms with Gasteiger partial charge in [-0.15, -0.1) is 11.3 Å². The van der Waals surface area contributed by atoms with Crippen molar-refractivity contribution < 1.29 is 14.3 Å². The number of nitrogens with zero attached hydrogens (tertiary/aromatic N) is 1. The first-order chi connectivity index (χ1) is 10.7. The zero-order chi connectivity index (χ0) is 15.8. The molecule has 3 N–H and O–H groups in total. The minimum absolute atomic E-state index is 0.0767. The lowest BCUT2D eigenvalue weighted by molar-refractivity contribution is -0.120. The Balaban J connectivity index is 1.66. The van der Waals surface area contributed by atoms with Crippen molar-refractivity contribution in [1.29, 1.82) is 0 Å². The molecule has 0 aliphatic carbocycles. The lowest BCUT2D eigenvalue weighted by Crippen LogP contribution is -2.29. The third kappa shape index (κ3) is 5.01. The minimum atomic E-state index is -0.0767. The van der Waals surface area contributed by atoms with Gasteiger partial charge in [0.2, 0.25) is 5.91 Å². The molecule has 1 heterocycles. The van der Waals surface area contributed by atoms with Crippen LogP contribution < -0.4 is 20.5 Å². The molecule has 0 atom stereocenters. The molecule has 1 aromatic carbocycles. The molecule has 0 aliphatic heterocycles. The fourth-order valence-electron chi connectivity index (χ4n) is 1.78. The zero-order valence-electron chi connectivity index (χ0n) is 12.4. The molecule has 0 aliphatic rings. The Bertz CT molecular complexity index is 598. The monoisotopic (exact) mass is 321 g/mol. The maximum absolute atomic E-state index is 11.8. The van der Waals surface area contributed by atoms with Crippen molar-refractivity contribution in [2.45, 2.75) is 13.0 Å². The molecule has 2 rings (SSSR count). The fraction of sp³-hybridized carbons (Fsp3) is 0.333. The normalized spacial score (nSPS) is 10.3. The number of carbonyl (C=O) groups is 1. The highest BCUT2D eigenvalue weighted by molar-refractivity contribution is 7.09. The van der Waals surface area contributed by atoms with Crippen LogP contribution in [0.4, 0.5) is 0 Å². The van der Waals surface area contributed by atoms with E-state index in [2.05, 4.69) is 10.3 Å². The predicted molar refractivity (Wildman–Crippen MR) is 85.2 cm³/mol. The molecule has 7 heteroatoms. The number of nitrogens with one attached hydrogen (secondary N) is 1. The van der Waals surface area contributed by atoms with Gasteiger partial charge in [-0.1, -0.05) is 0 Å². The number of benzene rings is 1. The molecule has 1 aromatic heterocycles. The van der Waals surface area contributed by atoms with Crippen LogP contribution in [0.25, 0.3) is 0 Å². The Morgan fingerprint density at radius 1 is 1.32 bits per heavy atom. The molecular formula is C15H19N3O3S. The molecule has 0 spiro atoms. The van der Waals surface area contributed by atoms with Crippen molar-refractivity contribution in [3.63, 3.8) is 0 Å². The van der Waals surface area contributed by atoms with Gasteiger partial charge >= 0.3 is 0 Å². The topological polar surface area (TPSA) is 86.5 Å². The molecule has 22 heavy (non-hydrogen) atoms. The van der Waals surface area contributed by atoms with Gasteiger partial charge in [0.1, 0.15) is 23.1 Å². The van der Waals surface area contributed by atoms with E-state index < -0.39 is 0 Å². The Labute approximate surface area is 133 Å². The second kappa shape index (κ2) is 8.35. The standard InChI is InChI=1S/C15H19N3O3S/c1-20-12-2-4-13(5-3-12)21-7-6-17-14(19)8-11-10-22-15(9-16)18-11/h2-5,10H,6-9,16H2,1H3,(H,17,19). The highest BCUT2D eigenvalue weighted by atomic mass is 32.1. The number of hydrogen-bond acceptors (Lipinski definition) is 6. The summed E-state index contributed by atoms with van der Waals surface area (Å²) >= 11 is 1.47. The van der Waals surface area contributed by atoms with Gasteiger partial charge in [0.15, 0.2) is 0 Å². The van der Waals surface area contributed by atoms with Crippen LogP contribution in [-0.4, -0.2) is 31.2 Å². The number of carbonyl (C=O) groups excluding carboxylic acids is 1. The molecule has 6 nitrogen and oxygen atoms in total. The van der Waals surface area contributed by atoms with Gasteiger partial charge < -0.3 is 20.5 Å². The summed E-state index contributed by atoms with van der Waals surface area (Å²) in [4.78, 5) is 16.0. The first-order valence-electron chi connectivity index (χ1n) is 6.88. The molecule has 1 amide bonds. The van der Waals surface area contributed by atoms with E-state index in [1.165, 1.54) is 11.3 Å². The Kier molecular flexibility index (Phi) is 6.17. The summed E-state index contributed by atoms with van der Waals surface area (Å²) in [5, 5.41) is 5.49. The van der Waals surface area contributed by atoms with E-state index in [4.69, 9.17) is 15.2 Å². The smallest absolute Gasteiger partial charge is 0.226 e. The lowest BCUT2D eigenvalue weighted by atomic mass is 10.3. The molecule has 0 unspecified atom stereocenters. The highest BCUT2D eigenvalue weighted by Gasteiger charge is 2.06. The van der Waals surface area contributed by atoms with E-state index in [-0.39, 0.29) is 12.3 Å². The van der Waals surface area contributed by atoms with Crippen LogP contribution in [0.3, 0.4) is 0 Å². The van der Waals surface area contributed by atoms with E-state index in [0.717, 1.165) is 22.2 Å². The first-order valence-corrected chi connectivity index (χ1v) is 7.76. The number of thiazole rings is 1. The van der Waals surface area contributed by atoms with E-state index in [1.54, 1.807) is 7.11 Å². The van der Waals surface area contributed by atoms with Crippen LogP contribution in [0.2, 0.25) is 0 Å². The van der Waals surface area contributed by atoms with Gasteiger partial charge in [-0.25, -0.2) is 4.98 Å². The molecule has 118 valence electrons. The summed E-state index contributed by atoms with van der Waals surface area (Å²) in [5.74, 6) is 1.44. The van der Waals surface area contributed by atoms with E-state index in [0.29, 0.717) is 19.7 Å². The van der Waals surface area contributed by atoms with E-state index in [9.17, 15) is 4.79 Å². The second-order valence-electron chi connectivity index (χ2n) is 4.49. The summed E-state index contributed by atoms with van der Waals surface area (Å²) in [7, 11) is 1.62. The average Bonchev–Trinajstić information content (AvgIpc) is 2.99. The van der Waals surface area contributed by atoms with Gasteiger partial charge in [0.25, 0.3) is 0 Å². The second-order valence-corrected chi connectivity index (χ2v) is 5.43. The van der Waals surface area contributed by atoms with Gasteiger partial charge in [-0.05, 0) is 24.3 Å². The SMILES string of the molecule is COc1ccc(OCCNC(=O)Cc2csc(CN)n2)cc1. The van der Waals surface area contributed by atoms with Crippen molar-refractivity contribution >= 4 is 17.2 Å². The number of hydrogen-bond donors (Lipinski definition) is 2. The number of methoxy groups -OCH3 is 1. The summed E-state index contributed by atoms with van der Waals surface area (Å²) in [5.41, 5.74) is 6.24. The largest absolute Gasteiger partial charge is 0.497 e. The van der Waals surface area contributed by atoms with Crippen molar-refractivity contribution in [2.75, 3.05) is 20.3 Å². The molecule has 0 saturated heterocycles. The van der Waals surface area contributed by atoms with Crippen molar-refractivity contribution in [3.05, 3.63) is 40.3 Å². The van der Waals surface area contributed by atoms with Crippen LogP contribution in [0, 0.1) is 0 Å².